The second-order valence-corrected chi connectivity index (χ2v) is 11.5. The normalized spacial score (nSPS) is 11.3. The molecule has 0 saturated carbocycles. The Bertz CT molecular complexity index is 1720. The van der Waals surface area contributed by atoms with Gasteiger partial charge in [0.2, 0.25) is 10.0 Å². The third kappa shape index (κ3) is 8.86. The maximum Gasteiger partial charge on any atom is 0.313 e. The van der Waals surface area contributed by atoms with Gasteiger partial charge >= 0.3 is 11.8 Å². The molecule has 0 unspecified atom stereocenters. The van der Waals surface area contributed by atoms with Gasteiger partial charge in [0.15, 0.2) is 0 Å². The zero-order chi connectivity index (χ0) is 31.5. The molecule has 0 radical (unpaired) electrons. The summed E-state index contributed by atoms with van der Waals surface area (Å²) < 4.78 is 38.6. The zero-order valence-corrected chi connectivity index (χ0v) is 24.8. The SMILES string of the molecule is COc1ccc(S(=O)(=O)N(CC(=O)N/N=C\c2ccc(CNC(=O)C(=O)Nc3ccc(C)cc3)o2)Cc2ccccc2)cc1. The van der Waals surface area contributed by atoms with Crippen LogP contribution in [0.5, 0.6) is 5.75 Å². The van der Waals surface area contributed by atoms with E-state index >= 15 is 0 Å². The Morgan fingerprint density at radius 1 is 0.909 bits per heavy atom. The summed E-state index contributed by atoms with van der Waals surface area (Å²) in [6.45, 7) is 1.31. The fourth-order valence-electron chi connectivity index (χ4n) is 3.90. The van der Waals surface area contributed by atoms with Gasteiger partial charge in [0.05, 0.1) is 31.3 Å². The number of rotatable bonds is 12. The van der Waals surface area contributed by atoms with Crippen molar-refractivity contribution in [1.82, 2.24) is 15.0 Å². The van der Waals surface area contributed by atoms with Crippen LogP contribution >= 0.6 is 0 Å². The number of sulfonamides is 1. The number of nitrogens with zero attached hydrogens (tertiary/aromatic N) is 2. The van der Waals surface area contributed by atoms with Crippen LogP contribution in [-0.4, -0.2) is 50.3 Å². The van der Waals surface area contributed by atoms with Crippen molar-refractivity contribution >= 4 is 39.6 Å². The number of amides is 3. The molecule has 12 nitrogen and oxygen atoms in total. The van der Waals surface area contributed by atoms with E-state index in [-0.39, 0.29) is 23.7 Å². The standard InChI is InChI=1S/C31H31N5O7S/c1-22-8-10-24(11-9-22)34-31(39)30(38)32-18-26-12-13-27(43-26)19-33-35-29(37)21-36(20-23-6-4-3-5-7-23)44(40,41)28-16-14-25(42-2)15-17-28/h3-17,19H,18,20-21H2,1-2H3,(H,32,38)(H,34,39)(H,35,37)/b33-19-. The van der Waals surface area contributed by atoms with Gasteiger partial charge in [0, 0.05) is 12.2 Å². The molecule has 3 aromatic carbocycles. The Labute approximate surface area is 254 Å². The van der Waals surface area contributed by atoms with E-state index in [0.29, 0.717) is 22.8 Å². The van der Waals surface area contributed by atoms with Gasteiger partial charge in [0.1, 0.15) is 17.3 Å². The molecular formula is C31H31N5O7S. The maximum atomic E-state index is 13.4. The van der Waals surface area contributed by atoms with E-state index in [9.17, 15) is 22.8 Å². The molecular weight excluding hydrogens is 586 g/mol. The van der Waals surface area contributed by atoms with Crippen molar-refractivity contribution in [3.63, 3.8) is 0 Å². The smallest absolute Gasteiger partial charge is 0.313 e. The second-order valence-electron chi connectivity index (χ2n) is 9.53. The van der Waals surface area contributed by atoms with E-state index in [0.717, 1.165) is 9.87 Å². The van der Waals surface area contributed by atoms with E-state index in [1.807, 2.05) is 25.1 Å². The molecule has 4 rings (SSSR count). The highest BCUT2D eigenvalue weighted by molar-refractivity contribution is 7.89. The molecule has 3 N–H and O–H groups in total. The maximum absolute atomic E-state index is 13.4. The van der Waals surface area contributed by atoms with Crippen LogP contribution in [0.25, 0.3) is 0 Å². The first-order valence-corrected chi connectivity index (χ1v) is 14.8. The third-order valence-corrected chi connectivity index (χ3v) is 8.03. The number of carbonyl (C=O) groups excluding carboxylic acids is 3. The van der Waals surface area contributed by atoms with Gasteiger partial charge in [-0.15, -0.1) is 0 Å². The molecule has 0 saturated heterocycles. The Morgan fingerprint density at radius 2 is 1.61 bits per heavy atom. The second kappa shape index (κ2) is 14.8. The van der Waals surface area contributed by atoms with Gasteiger partial charge in [-0.2, -0.15) is 9.41 Å². The topological polar surface area (TPSA) is 159 Å². The molecule has 1 aromatic heterocycles. The fraction of sp³-hybridized carbons (Fsp3) is 0.161. The van der Waals surface area contributed by atoms with Crippen molar-refractivity contribution in [2.75, 3.05) is 19.0 Å². The highest BCUT2D eigenvalue weighted by atomic mass is 32.2. The number of ether oxygens (including phenoxy) is 1. The lowest BCUT2D eigenvalue weighted by molar-refractivity contribution is -0.136. The third-order valence-electron chi connectivity index (χ3n) is 6.22. The summed E-state index contributed by atoms with van der Waals surface area (Å²) in [5.74, 6) is -1.24. The predicted octanol–water partition coefficient (Wildman–Crippen LogP) is 3.19. The van der Waals surface area contributed by atoms with Crippen LogP contribution in [-0.2, 0) is 37.5 Å². The number of aryl methyl sites for hydroxylation is 1. The van der Waals surface area contributed by atoms with Crippen molar-refractivity contribution in [3.8, 4) is 5.75 Å². The van der Waals surface area contributed by atoms with Crippen molar-refractivity contribution in [2.24, 2.45) is 5.10 Å². The summed E-state index contributed by atoms with van der Waals surface area (Å²) in [7, 11) is -2.57. The number of benzene rings is 3. The van der Waals surface area contributed by atoms with Crippen molar-refractivity contribution in [3.05, 3.63) is 114 Å². The first-order chi connectivity index (χ1) is 21.1. The van der Waals surface area contributed by atoms with Crippen LogP contribution in [0.2, 0.25) is 0 Å². The molecule has 228 valence electrons. The summed E-state index contributed by atoms with van der Waals surface area (Å²) in [5, 5.41) is 8.84. The highest BCUT2D eigenvalue weighted by Gasteiger charge is 2.27. The van der Waals surface area contributed by atoms with E-state index in [2.05, 4.69) is 21.2 Å². The van der Waals surface area contributed by atoms with Crippen LogP contribution in [0.3, 0.4) is 0 Å². The van der Waals surface area contributed by atoms with Crippen LogP contribution in [0.15, 0.2) is 105 Å². The lowest BCUT2D eigenvalue weighted by Gasteiger charge is -2.21. The number of hydrogen-bond acceptors (Lipinski definition) is 8. The summed E-state index contributed by atoms with van der Waals surface area (Å²) in [6.07, 6.45) is 1.23. The van der Waals surface area contributed by atoms with Gasteiger partial charge in [-0.3, -0.25) is 14.4 Å². The molecule has 0 aliphatic carbocycles. The first kappa shape index (κ1) is 31.7. The lowest BCUT2D eigenvalue weighted by Crippen LogP contribution is -2.39. The molecule has 0 spiro atoms. The molecule has 3 amide bonds. The lowest BCUT2D eigenvalue weighted by atomic mass is 10.2. The zero-order valence-electron chi connectivity index (χ0n) is 24.0. The number of hydrogen-bond donors (Lipinski definition) is 3. The van der Waals surface area contributed by atoms with E-state index in [1.165, 1.54) is 37.6 Å². The van der Waals surface area contributed by atoms with Gasteiger partial charge in [-0.1, -0.05) is 48.0 Å². The monoisotopic (exact) mass is 617 g/mol. The van der Waals surface area contributed by atoms with Gasteiger partial charge < -0.3 is 19.8 Å². The van der Waals surface area contributed by atoms with E-state index in [1.54, 1.807) is 48.5 Å². The summed E-state index contributed by atoms with van der Waals surface area (Å²) in [5.41, 5.74) is 4.53. The Kier molecular flexibility index (Phi) is 10.6. The average Bonchev–Trinajstić information content (AvgIpc) is 3.48. The largest absolute Gasteiger partial charge is 0.497 e. The average molecular weight is 618 g/mol. The molecule has 1 heterocycles. The Morgan fingerprint density at radius 3 is 2.30 bits per heavy atom. The molecule has 13 heteroatoms. The minimum absolute atomic E-state index is 0.00775. The predicted molar refractivity (Wildman–Crippen MR) is 163 cm³/mol. The number of methoxy groups -OCH3 is 1. The van der Waals surface area contributed by atoms with Crippen LogP contribution in [0, 0.1) is 6.92 Å². The fourth-order valence-corrected chi connectivity index (χ4v) is 5.29. The van der Waals surface area contributed by atoms with Crippen molar-refractivity contribution in [1.29, 1.82) is 0 Å². The molecule has 0 fully saturated rings. The number of furan rings is 1. The summed E-state index contributed by atoms with van der Waals surface area (Å²) >= 11 is 0. The molecule has 0 aliphatic heterocycles. The van der Waals surface area contributed by atoms with Gasteiger partial charge in [-0.05, 0) is 61.0 Å². The molecule has 0 aliphatic rings. The number of hydrazone groups is 1. The van der Waals surface area contributed by atoms with E-state index in [4.69, 9.17) is 9.15 Å². The molecule has 0 bridgehead atoms. The van der Waals surface area contributed by atoms with Crippen molar-refractivity contribution in [2.45, 2.75) is 24.9 Å². The minimum atomic E-state index is -4.05. The van der Waals surface area contributed by atoms with Gasteiger partial charge in [0.25, 0.3) is 5.91 Å². The minimum Gasteiger partial charge on any atom is -0.497 e. The van der Waals surface area contributed by atoms with Crippen molar-refractivity contribution < 1.29 is 32.0 Å². The number of nitrogens with one attached hydrogen (secondary N) is 3. The van der Waals surface area contributed by atoms with Crippen LogP contribution in [0.4, 0.5) is 5.69 Å². The quantitative estimate of drug-likeness (QED) is 0.125. The Balaban J connectivity index is 1.32. The van der Waals surface area contributed by atoms with Crippen LogP contribution in [0.1, 0.15) is 22.6 Å². The number of carbonyl (C=O) groups is 3. The first-order valence-electron chi connectivity index (χ1n) is 13.4. The summed E-state index contributed by atoms with van der Waals surface area (Å²) in [6, 6.07) is 24.9. The van der Waals surface area contributed by atoms with E-state index < -0.39 is 34.3 Å². The number of anilines is 1. The molecule has 4 aromatic rings. The van der Waals surface area contributed by atoms with Gasteiger partial charge in [-0.25, -0.2) is 13.8 Å². The molecule has 44 heavy (non-hydrogen) atoms. The Hall–Kier alpha value is -5.27. The summed E-state index contributed by atoms with van der Waals surface area (Å²) in [4.78, 5) is 37.0. The highest BCUT2D eigenvalue weighted by Crippen LogP contribution is 2.21. The van der Waals surface area contributed by atoms with Crippen LogP contribution < -0.4 is 20.8 Å². The molecule has 0 atom stereocenters.